The summed E-state index contributed by atoms with van der Waals surface area (Å²) in [5.41, 5.74) is 3.92. The van der Waals surface area contributed by atoms with E-state index in [0.717, 1.165) is 11.3 Å². The molecule has 0 bridgehead atoms. The fourth-order valence-electron chi connectivity index (χ4n) is 4.42. The number of halogens is 1. The molecule has 200 valence electrons. The van der Waals surface area contributed by atoms with Gasteiger partial charge in [-0.2, -0.15) is 5.10 Å². The number of carbonyl (C=O) groups excluding carboxylic acids is 1. The number of para-hydroxylation sites is 1. The van der Waals surface area contributed by atoms with E-state index in [9.17, 15) is 14.0 Å². The molecular weight excluding hydrogens is 531 g/mol. The molecule has 1 aliphatic rings. The fraction of sp³-hybridized carbons (Fsp3) is 0.103. The van der Waals surface area contributed by atoms with Gasteiger partial charge in [0.15, 0.2) is 12.3 Å². The molecule has 2 aromatic heterocycles. The van der Waals surface area contributed by atoms with Gasteiger partial charge in [0.2, 0.25) is 4.80 Å². The van der Waals surface area contributed by atoms with Gasteiger partial charge in [-0.15, -0.1) is 11.3 Å². The minimum absolute atomic E-state index is 0.0390. The van der Waals surface area contributed by atoms with Crippen molar-refractivity contribution in [3.05, 3.63) is 110 Å². The summed E-state index contributed by atoms with van der Waals surface area (Å²) in [7, 11) is 1.81. The Bertz CT molecular complexity index is 1920. The van der Waals surface area contributed by atoms with E-state index >= 15 is 0 Å². The van der Waals surface area contributed by atoms with Crippen molar-refractivity contribution in [2.45, 2.75) is 6.92 Å². The third-order valence-corrected chi connectivity index (χ3v) is 7.31. The van der Waals surface area contributed by atoms with Crippen molar-refractivity contribution in [2.75, 3.05) is 11.9 Å². The van der Waals surface area contributed by atoms with Crippen molar-refractivity contribution in [1.82, 2.24) is 14.0 Å². The Morgan fingerprint density at radius 2 is 1.88 bits per heavy atom. The number of benzene rings is 3. The molecule has 40 heavy (non-hydrogen) atoms. The lowest BCUT2D eigenvalue weighted by molar-refractivity contribution is -0.118. The van der Waals surface area contributed by atoms with E-state index in [0.29, 0.717) is 33.2 Å². The topological polar surface area (TPSA) is 94.9 Å². The van der Waals surface area contributed by atoms with E-state index < -0.39 is 0 Å². The molecule has 1 amide bonds. The highest BCUT2D eigenvalue weighted by Crippen LogP contribution is 2.33. The van der Waals surface area contributed by atoms with E-state index in [1.807, 2.05) is 55.7 Å². The van der Waals surface area contributed by atoms with Crippen LogP contribution in [0.2, 0.25) is 0 Å². The molecule has 0 aliphatic carbocycles. The van der Waals surface area contributed by atoms with E-state index in [1.54, 1.807) is 38.3 Å². The van der Waals surface area contributed by atoms with Crippen LogP contribution in [0.4, 0.5) is 15.8 Å². The van der Waals surface area contributed by atoms with Gasteiger partial charge in [-0.25, -0.2) is 18.7 Å². The third-order valence-electron chi connectivity index (χ3n) is 6.50. The first-order chi connectivity index (χ1) is 19.4. The predicted molar refractivity (Wildman–Crippen MR) is 152 cm³/mol. The quantitative estimate of drug-likeness (QED) is 0.322. The van der Waals surface area contributed by atoms with Crippen LogP contribution in [0.5, 0.6) is 5.75 Å². The molecule has 0 spiro atoms. The van der Waals surface area contributed by atoms with Gasteiger partial charge in [0, 0.05) is 18.0 Å². The van der Waals surface area contributed by atoms with Crippen molar-refractivity contribution in [3.8, 4) is 22.7 Å². The van der Waals surface area contributed by atoms with Crippen molar-refractivity contribution in [1.29, 1.82) is 0 Å². The van der Waals surface area contributed by atoms with Crippen LogP contribution in [0.3, 0.4) is 0 Å². The zero-order valence-electron chi connectivity index (χ0n) is 21.5. The number of rotatable bonds is 5. The molecule has 0 atom stereocenters. The second kappa shape index (κ2) is 10.3. The molecule has 0 fully saturated rings. The molecular formula is C29H23FN6O3S. The number of thiazole rings is 1. The molecule has 3 aromatic carbocycles. The Balaban J connectivity index is 1.52. The average molecular weight is 555 g/mol. The summed E-state index contributed by atoms with van der Waals surface area (Å²) < 4.78 is 24.3. The maximum absolute atomic E-state index is 13.8. The predicted octanol–water partition coefficient (Wildman–Crippen LogP) is 4.60. The highest BCUT2D eigenvalue weighted by Gasteiger charge is 2.19. The summed E-state index contributed by atoms with van der Waals surface area (Å²) in [6.45, 7) is 1.80. The van der Waals surface area contributed by atoms with Crippen LogP contribution in [-0.4, -0.2) is 32.8 Å². The minimum Gasteiger partial charge on any atom is -0.482 e. The van der Waals surface area contributed by atoms with Gasteiger partial charge in [-0.05, 0) is 55.0 Å². The van der Waals surface area contributed by atoms with Crippen LogP contribution >= 0.6 is 11.3 Å². The number of nitrogens with zero attached hydrogens (tertiary/aromatic N) is 5. The lowest BCUT2D eigenvalue weighted by Crippen LogP contribution is -2.25. The number of anilines is 1. The maximum Gasteiger partial charge on any atom is 0.297 e. The molecule has 0 radical (unpaired) electrons. The average Bonchev–Trinajstić information content (AvgIpc) is 3.45. The first-order valence-electron chi connectivity index (χ1n) is 12.4. The fourth-order valence-corrected chi connectivity index (χ4v) is 5.26. The summed E-state index contributed by atoms with van der Waals surface area (Å²) in [5.74, 6) is -0.0483. The molecule has 9 nitrogen and oxygen atoms in total. The Morgan fingerprint density at radius 1 is 1.05 bits per heavy atom. The standard InChI is InChI=1S/C29H23FN6O3S/c1-18-27(28(38)36(34(18)2)22-9-4-3-5-10-22)33-29-35(31-15-19-7-6-8-21(30)13-19)24(17-40-29)20-11-12-25-23(14-20)32-26(37)16-39-25/h3-15,17H,16H2,1-2H3,(H,32,37). The second-order valence-electron chi connectivity index (χ2n) is 9.08. The van der Waals surface area contributed by atoms with E-state index in [2.05, 4.69) is 10.4 Å². The number of hydrogen-bond donors (Lipinski definition) is 1. The van der Waals surface area contributed by atoms with Crippen molar-refractivity contribution < 1.29 is 13.9 Å². The summed E-state index contributed by atoms with van der Waals surface area (Å²) in [4.78, 5) is 30.6. The Kier molecular flexibility index (Phi) is 6.48. The van der Waals surface area contributed by atoms with Crippen LogP contribution in [0.15, 0.2) is 93.1 Å². The highest BCUT2D eigenvalue weighted by molar-refractivity contribution is 7.07. The first kappa shape index (κ1) is 25.3. The molecule has 0 saturated carbocycles. The first-order valence-corrected chi connectivity index (χ1v) is 13.2. The monoisotopic (exact) mass is 554 g/mol. The van der Waals surface area contributed by atoms with Gasteiger partial charge < -0.3 is 10.1 Å². The highest BCUT2D eigenvalue weighted by atomic mass is 32.1. The van der Waals surface area contributed by atoms with Gasteiger partial charge in [-0.1, -0.05) is 30.3 Å². The van der Waals surface area contributed by atoms with Crippen LogP contribution in [0.1, 0.15) is 11.3 Å². The summed E-state index contributed by atoms with van der Waals surface area (Å²) >= 11 is 1.30. The van der Waals surface area contributed by atoms with E-state index in [1.165, 1.54) is 29.7 Å². The van der Waals surface area contributed by atoms with Gasteiger partial charge in [0.25, 0.3) is 11.5 Å². The van der Waals surface area contributed by atoms with Crippen molar-refractivity contribution in [2.24, 2.45) is 17.1 Å². The van der Waals surface area contributed by atoms with Gasteiger partial charge in [-0.3, -0.25) is 14.3 Å². The molecule has 0 unspecified atom stereocenters. The molecule has 3 heterocycles. The number of nitrogens with one attached hydrogen (secondary N) is 1. The van der Waals surface area contributed by atoms with E-state index in [4.69, 9.17) is 9.73 Å². The molecule has 5 aromatic rings. The number of aromatic nitrogens is 3. The normalized spacial score (nSPS) is 13.4. The smallest absolute Gasteiger partial charge is 0.297 e. The summed E-state index contributed by atoms with van der Waals surface area (Å²) in [6.07, 6.45) is 1.53. The lowest BCUT2D eigenvalue weighted by Gasteiger charge is -2.18. The Morgan fingerprint density at radius 3 is 2.67 bits per heavy atom. The lowest BCUT2D eigenvalue weighted by atomic mass is 10.1. The van der Waals surface area contributed by atoms with E-state index in [-0.39, 0.29) is 29.6 Å². The third kappa shape index (κ3) is 4.67. The zero-order chi connectivity index (χ0) is 27.8. The Hall–Kier alpha value is -5.03. The number of amides is 1. The van der Waals surface area contributed by atoms with Gasteiger partial charge in [0.1, 0.15) is 11.6 Å². The molecule has 1 N–H and O–H groups in total. The molecule has 11 heteroatoms. The molecule has 0 saturated heterocycles. The number of ether oxygens (including phenoxy) is 1. The van der Waals surface area contributed by atoms with Crippen LogP contribution in [0.25, 0.3) is 16.9 Å². The van der Waals surface area contributed by atoms with Gasteiger partial charge >= 0.3 is 0 Å². The molecule has 6 rings (SSSR count). The van der Waals surface area contributed by atoms with Crippen LogP contribution in [0, 0.1) is 12.7 Å². The van der Waals surface area contributed by atoms with Crippen LogP contribution in [-0.2, 0) is 11.8 Å². The SMILES string of the molecule is Cc1c(N=c2scc(-c3ccc4c(c3)NC(=O)CO4)n2N=Cc2cccc(F)c2)c(=O)n(-c2ccccc2)n1C. The summed E-state index contributed by atoms with van der Waals surface area (Å²) in [6, 6.07) is 20.8. The van der Waals surface area contributed by atoms with Crippen molar-refractivity contribution in [3.63, 3.8) is 0 Å². The Labute approximate surface area is 231 Å². The number of carbonyl (C=O) groups is 1. The maximum atomic E-state index is 13.8. The minimum atomic E-state index is -0.379. The number of hydrogen-bond acceptors (Lipinski definition) is 6. The van der Waals surface area contributed by atoms with Gasteiger partial charge in [0.05, 0.1) is 29.0 Å². The summed E-state index contributed by atoms with van der Waals surface area (Å²) in [5, 5.41) is 9.31. The number of fused-ring (bicyclic) bond motifs is 1. The van der Waals surface area contributed by atoms with Crippen molar-refractivity contribution >= 4 is 34.8 Å². The van der Waals surface area contributed by atoms with Crippen LogP contribution < -0.4 is 20.4 Å². The largest absolute Gasteiger partial charge is 0.482 e. The second-order valence-corrected chi connectivity index (χ2v) is 9.92. The molecule has 1 aliphatic heterocycles. The zero-order valence-corrected chi connectivity index (χ0v) is 22.4.